The molecule has 3 N–H and O–H groups in total. The summed E-state index contributed by atoms with van der Waals surface area (Å²) < 4.78 is 21.4. The lowest BCUT2D eigenvalue weighted by atomic mass is 9.81. The largest absolute Gasteiger partial charge is 0.463 e. The van der Waals surface area contributed by atoms with Crippen LogP contribution in [0.1, 0.15) is 49.0 Å². The minimum Gasteiger partial charge on any atom is -0.463 e. The van der Waals surface area contributed by atoms with Crippen LogP contribution < -0.4 is 16.2 Å². The molecule has 188 valence electrons. The zero-order valence-corrected chi connectivity index (χ0v) is 20.7. The van der Waals surface area contributed by atoms with Gasteiger partial charge in [-0.25, -0.2) is 4.39 Å². The highest BCUT2D eigenvalue weighted by Crippen LogP contribution is 2.34. The van der Waals surface area contributed by atoms with Gasteiger partial charge in [0.2, 0.25) is 0 Å². The molecule has 1 aromatic carbocycles. The van der Waals surface area contributed by atoms with Crippen LogP contribution in [0.25, 0.3) is 11.0 Å². The van der Waals surface area contributed by atoms with Crippen molar-refractivity contribution < 1.29 is 18.7 Å². The number of rotatable bonds is 4. The van der Waals surface area contributed by atoms with Gasteiger partial charge in [0.05, 0.1) is 30.4 Å². The minimum absolute atomic E-state index is 0.0571. The highest BCUT2D eigenvalue weighted by Gasteiger charge is 2.50. The average molecular weight is 485 g/mol. The third-order valence-electron chi connectivity index (χ3n) is 6.77. The molecule has 35 heavy (non-hydrogen) atoms. The highest BCUT2D eigenvalue weighted by molar-refractivity contribution is 6.09. The lowest BCUT2D eigenvalue weighted by Crippen LogP contribution is -2.72. The lowest BCUT2D eigenvalue weighted by molar-refractivity contribution is -0.108. The maximum absolute atomic E-state index is 14.6. The van der Waals surface area contributed by atoms with E-state index in [-0.39, 0.29) is 58.6 Å². The van der Waals surface area contributed by atoms with Crippen molar-refractivity contribution in [3.05, 3.63) is 57.8 Å². The molecule has 1 amide bonds. The van der Waals surface area contributed by atoms with E-state index in [0.29, 0.717) is 0 Å². The number of fused-ring (bicyclic) bond motifs is 1. The zero-order chi connectivity index (χ0) is 25.3. The number of carbonyl (C=O) groups excluding carboxylic acids is 1. The number of anilines is 2. The van der Waals surface area contributed by atoms with Gasteiger partial charge >= 0.3 is 0 Å². The number of hydrogen-bond donors (Lipinski definition) is 3. The van der Waals surface area contributed by atoms with Crippen molar-refractivity contribution >= 4 is 28.4 Å². The number of nitrogens with one attached hydrogen (secondary N) is 2. The van der Waals surface area contributed by atoms with Crippen molar-refractivity contribution in [2.24, 2.45) is 7.05 Å². The Morgan fingerprint density at radius 2 is 2.00 bits per heavy atom. The van der Waals surface area contributed by atoms with Crippen LogP contribution in [0.5, 0.6) is 0 Å². The first-order chi connectivity index (χ1) is 16.8. The van der Waals surface area contributed by atoms with E-state index < -0.39 is 11.4 Å². The number of nitrogens with zero attached hydrogens (tertiary/aromatic N) is 2. The summed E-state index contributed by atoms with van der Waals surface area (Å²) in [6.45, 7) is 6.98. The molecule has 0 saturated carbocycles. The van der Waals surface area contributed by atoms with Crippen LogP contribution in [0.2, 0.25) is 0 Å². The number of furan rings is 1. The van der Waals surface area contributed by atoms with Crippen LogP contribution >= 0.6 is 0 Å². The average Bonchev–Trinajstić information content (AvgIpc) is 3.33. The molecule has 5 rings (SSSR count). The number of amides is 1. The van der Waals surface area contributed by atoms with E-state index in [4.69, 9.17) is 4.42 Å². The summed E-state index contributed by atoms with van der Waals surface area (Å²) in [6, 6.07) is 6.14. The molecule has 0 spiro atoms. The smallest absolute Gasteiger partial charge is 0.263 e. The molecule has 2 aliphatic heterocycles. The van der Waals surface area contributed by atoms with Crippen molar-refractivity contribution in [3.8, 4) is 0 Å². The van der Waals surface area contributed by atoms with Crippen molar-refractivity contribution in [1.82, 2.24) is 14.8 Å². The number of aliphatic hydroxyl groups is 1. The van der Waals surface area contributed by atoms with Gasteiger partial charge in [0, 0.05) is 13.1 Å². The Bertz CT molecular complexity index is 1290. The Hall–Kier alpha value is -3.17. The normalized spacial score (nSPS) is 19.0. The lowest BCUT2D eigenvalue weighted by Gasteiger charge is -2.51. The first kappa shape index (κ1) is 24.9. The first-order valence-corrected chi connectivity index (χ1v) is 12.2. The molecule has 1 unspecified atom stereocenters. The molecule has 8 nitrogen and oxygen atoms in total. The molecule has 0 bridgehead atoms. The predicted octanol–water partition coefficient (Wildman–Crippen LogP) is 3.68. The van der Waals surface area contributed by atoms with Crippen LogP contribution in [0.3, 0.4) is 0 Å². The first-order valence-electron chi connectivity index (χ1n) is 12.2. The van der Waals surface area contributed by atoms with Crippen LogP contribution in [0.4, 0.5) is 15.9 Å². The summed E-state index contributed by atoms with van der Waals surface area (Å²) in [7, 11) is 1.53. The summed E-state index contributed by atoms with van der Waals surface area (Å²) in [5, 5.41) is 17.6. The van der Waals surface area contributed by atoms with E-state index in [9.17, 15) is 19.1 Å². The van der Waals surface area contributed by atoms with Gasteiger partial charge in [-0.15, -0.1) is 0 Å². The summed E-state index contributed by atoms with van der Waals surface area (Å²) in [6.07, 6.45) is 4.34. The molecule has 2 aromatic heterocycles. The second kappa shape index (κ2) is 9.83. The second-order valence-corrected chi connectivity index (χ2v) is 9.13. The van der Waals surface area contributed by atoms with Gasteiger partial charge in [-0.05, 0) is 50.1 Å². The SMILES string of the molecule is CC.Cc1ccc(Nc2c(C(=O)N3CC(O)(C4CCCCN4)C3)c3occc3c(=O)n2C)c(F)c1. The summed E-state index contributed by atoms with van der Waals surface area (Å²) in [4.78, 5) is 28.0. The van der Waals surface area contributed by atoms with Crippen molar-refractivity contribution in [3.63, 3.8) is 0 Å². The van der Waals surface area contributed by atoms with Gasteiger partial charge in [-0.3, -0.25) is 14.2 Å². The molecule has 2 aliphatic rings. The number of piperidine rings is 1. The number of aromatic nitrogens is 1. The van der Waals surface area contributed by atoms with Gasteiger partial charge in [-0.2, -0.15) is 0 Å². The topological polar surface area (TPSA) is 99.7 Å². The molecule has 4 heterocycles. The third-order valence-corrected chi connectivity index (χ3v) is 6.77. The van der Waals surface area contributed by atoms with Crippen LogP contribution in [-0.4, -0.2) is 51.8 Å². The molecule has 3 aromatic rings. The molecule has 9 heteroatoms. The Balaban J connectivity index is 0.00000141. The molecule has 2 saturated heterocycles. The summed E-state index contributed by atoms with van der Waals surface area (Å²) in [5.41, 5.74) is -0.185. The van der Waals surface area contributed by atoms with Gasteiger partial charge in [0.25, 0.3) is 11.5 Å². The fourth-order valence-corrected chi connectivity index (χ4v) is 4.87. The summed E-state index contributed by atoms with van der Waals surface area (Å²) >= 11 is 0. The Kier molecular flexibility index (Phi) is 7.00. The number of β-amino-alcohol motifs (C(OH)–C–C–N with tert-alkyl or cyclic N) is 1. The molecule has 2 fully saturated rings. The number of pyridine rings is 1. The van der Waals surface area contributed by atoms with E-state index in [2.05, 4.69) is 10.6 Å². The number of benzene rings is 1. The number of carbonyl (C=O) groups is 1. The minimum atomic E-state index is -0.990. The molecule has 1 atom stereocenters. The van der Waals surface area contributed by atoms with Crippen LogP contribution in [0.15, 0.2) is 39.7 Å². The van der Waals surface area contributed by atoms with Gasteiger partial charge in [0.15, 0.2) is 5.58 Å². The molecular weight excluding hydrogens is 451 g/mol. The monoisotopic (exact) mass is 484 g/mol. The number of halogens is 1. The fourth-order valence-electron chi connectivity index (χ4n) is 4.87. The number of hydrogen-bond acceptors (Lipinski definition) is 6. The van der Waals surface area contributed by atoms with Gasteiger partial charge < -0.3 is 25.1 Å². The predicted molar refractivity (Wildman–Crippen MR) is 134 cm³/mol. The van der Waals surface area contributed by atoms with E-state index in [0.717, 1.165) is 31.4 Å². The van der Waals surface area contributed by atoms with E-state index in [1.165, 1.54) is 34.9 Å². The highest BCUT2D eigenvalue weighted by atomic mass is 19.1. The fraction of sp³-hybridized carbons (Fsp3) is 0.462. The molecule has 0 aliphatic carbocycles. The Morgan fingerprint density at radius 3 is 2.66 bits per heavy atom. The Morgan fingerprint density at radius 1 is 1.26 bits per heavy atom. The van der Waals surface area contributed by atoms with E-state index >= 15 is 0 Å². The third kappa shape index (κ3) is 4.46. The quantitative estimate of drug-likeness (QED) is 0.523. The van der Waals surface area contributed by atoms with E-state index in [1.807, 2.05) is 13.8 Å². The molecule has 0 radical (unpaired) electrons. The second-order valence-electron chi connectivity index (χ2n) is 9.13. The van der Waals surface area contributed by atoms with Crippen LogP contribution in [-0.2, 0) is 7.05 Å². The van der Waals surface area contributed by atoms with Gasteiger partial charge in [-0.1, -0.05) is 26.3 Å². The standard InChI is InChI=1S/C24H27FN4O4.C2H6/c1-14-6-7-17(16(25)11-14)27-21-19(20-15(8-10-33-20)22(30)28(21)2)23(31)29-12-24(32,13-29)18-5-3-4-9-26-18;1-2/h6-8,10-11,18,26-27,32H,3-5,9,12-13H2,1-2H3;1-2H3. The van der Waals surface area contributed by atoms with Crippen molar-refractivity contribution in [2.75, 3.05) is 25.0 Å². The van der Waals surface area contributed by atoms with Crippen LogP contribution in [0, 0.1) is 12.7 Å². The maximum atomic E-state index is 14.6. The van der Waals surface area contributed by atoms with Crippen molar-refractivity contribution in [1.29, 1.82) is 0 Å². The van der Waals surface area contributed by atoms with Gasteiger partial charge in [0.1, 0.15) is 22.8 Å². The summed E-state index contributed by atoms with van der Waals surface area (Å²) in [5.74, 6) is -0.746. The molecular formula is C26H33FN4O4. The number of likely N-dealkylation sites (tertiary alicyclic amines) is 1. The maximum Gasteiger partial charge on any atom is 0.263 e. The van der Waals surface area contributed by atoms with E-state index in [1.54, 1.807) is 19.1 Å². The number of aryl methyl sites for hydroxylation is 1. The Labute approximate surface area is 203 Å². The zero-order valence-electron chi connectivity index (χ0n) is 20.7. The van der Waals surface area contributed by atoms with Crippen molar-refractivity contribution in [2.45, 2.75) is 51.7 Å².